The van der Waals surface area contributed by atoms with Gasteiger partial charge in [-0.25, -0.2) is 0 Å². The van der Waals surface area contributed by atoms with E-state index in [0.29, 0.717) is 10.6 Å². The van der Waals surface area contributed by atoms with E-state index in [1.165, 1.54) is 16.8 Å². The van der Waals surface area contributed by atoms with Gasteiger partial charge in [-0.2, -0.15) is 0 Å². The summed E-state index contributed by atoms with van der Waals surface area (Å²) in [4.78, 5) is 16.9. The first-order chi connectivity index (χ1) is 11.1. The molecule has 3 rings (SSSR count). The van der Waals surface area contributed by atoms with Crippen molar-refractivity contribution >= 4 is 23.2 Å². The molecule has 1 aliphatic rings. The summed E-state index contributed by atoms with van der Waals surface area (Å²) in [6, 6.07) is 13.5. The number of aryl methyl sites for hydroxylation is 2. The summed E-state index contributed by atoms with van der Waals surface area (Å²) in [6.07, 6.45) is 0. The molecule has 0 saturated carbocycles. The molecular formula is C19H21ClN2O. The molecule has 0 bridgehead atoms. The average molecular weight is 329 g/mol. The Morgan fingerprint density at radius 1 is 0.913 bits per heavy atom. The minimum atomic E-state index is 0.0859. The van der Waals surface area contributed by atoms with Crippen LogP contribution in [0.15, 0.2) is 42.5 Å². The Kier molecular flexibility index (Phi) is 4.58. The first kappa shape index (κ1) is 15.9. The van der Waals surface area contributed by atoms with Crippen LogP contribution in [0.4, 0.5) is 5.69 Å². The second-order valence-corrected chi connectivity index (χ2v) is 6.46. The third-order valence-corrected chi connectivity index (χ3v) is 4.67. The molecule has 1 amide bonds. The van der Waals surface area contributed by atoms with E-state index in [4.69, 9.17) is 11.6 Å². The Morgan fingerprint density at radius 3 is 2.04 bits per heavy atom. The smallest absolute Gasteiger partial charge is 0.253 e. The summed E-state index contributed by atoms with van der Waals surface area (Å²) in [6.45, 7) is 7.52. The van der Waals surface area contributed by atoms with Gasteiger partial charge in [-0.3, -0.25) is 4.79 Å². The van der Waals surface area contributed by atoms with Crippen LogP contribution < -0.4 is 4.90 Å². The number of anilines is 1. The predicted molar refractivity (Wildman–Crippen MR) is 95.5 cm³/mol. The Hall–Kier alpha value is -2.00. The highest BCUT2D eigenvalue weighted by molar-refractivity contribution is 6.30. The number of hydrogen-bond acceptors (Lipinski definition) is 2. The number of hydrogen-bond donors (Lipinski definition) is 0. The molecule has 0 aliphatic carbocycles. The second kappa shape index (κ2) is 6.63. The van der Waals surface area contributed by atoms with Gasteiger partial charge in [0.25, 0.3) is 5.91 Å². The predicted octanol–water partition coefficient (Wildman–Crippen LogP) is 3.92. The number of piperazine rings is 1. The Morgan fingerprint density at radius 2 is 1.48 bits per heavy atom. The van der Waals surface area contributed by atoms with Gasteiger partial charge in [0.15, 0.2) is 0 Å². The van der Waals surface area contributed by atoms with E-state index in [9.17, 15) is 4.79 Å². The monoisotopic (exact) mass is 328 g/mol. The van der Waals surface area contributed by atoms with Crippen LogP contribution in [0.5, 0.6) is 0 Å². The van der Waals surface area contributed by atoms with Crippen molar-refractivity contribution in [2.75, 3.05) is 31.1 Å². The van der Waals surface area contributed by atoms with Gasteiger partial charge in [0.05, 0.1) is 0 Å². The van der Waals surface area contributed by atoms with Gasteiger partial charge in [0.2, 0.25) is 0 Å². The maximum atomic E-state index is 12.6. The molecule has 120 valence electrons. The first-order valence-corrected chi connectivity index (χ1v) is 8.30. The molecule has 4 heteroatoms. The SMILES string of the molecule is Cc1cccc(C)c1N1CCN(C(=O)c2ccc(Cl)cc2)CC1. The van der Waals surface area contributed by atoms with E-state index in [-0.39, 0.29) is 5.91 Å². The lowest BCUT2D eigenvalue weighted by molar-refractivity contribution is 0.0747. The van der Waals surface area contributed by atoms with E-state index >= 15 is 0 Å². The molecule has 0 radical (unpaired) electrons. The molecule has 2 aromatic carbocycles. The van der Waals surface area contributed by atoms with Crippen molar-refractivity contribution in [2.45, 2.75) is 13.8 Å². The van der Waals surface area contributed by atoms with Crippen LogP contribution >= 0.6 is 11.6 Å². The molecule has 0 atom stereocenters. The summed E-state index contributed by atoms with van der Waals surface area (Å²) in [5.41, 5.74) is 4.60. The summed E-state index contributed by atoms with van der Waals surface area (Å²) >= 11 is 5.89. The molecule has 0 aromatic heterocycles. The molecule has 1 fully saturated rings. The number of nitrogens with zero attached hydrogens (tertiary/aromatic N) is 2. The molecule has 3 nitrogen and oxygen atoms in total. The van der Waals surface area contributed by atoms with Crippen molar-refractivity contribution in [2.24, 2.45) is 0 Å². The standard InChI is InChI=1S/C19H21ClN2O/c1-14-4-3-5-15(2)18(14)21-10-12-22(13-11-21)19(23)16-6-8-17(20)9-7-16/h3-9H,10-13H2,1-2H3. The third kappa shape index (κ3) is 3.35. The van der Waals surface area contributed by atoms with E-state index in [2.05, 4.69) is 36.9 Å². The van der Waals surface area contributed by atoms with Crippen LogP contribution in [0.25, 0.3) is 0 Å². The Bertz CT molecular complexity index is 684. The number of amides is 1. The zero-order valence-corrected chi connectivity index (χ0v) is 14.3. The Balaban J connectivity index is 1.69. The molecule has 0 N–H and O–H groups in total. The van der Waals surface area contributed by atoms with Crippen LogP contribution in [0.1, 0.15) is 21.5 Å². The fourth-order valence-corrected chi connectivity index (χ4v) is 3.34. The van der Waals surface area contributed by atoms with Crippen molar-refractivity contribution in [3.05, 3.63) is 64.2 Å². The number of rotatable bonds is 2. The van der Waals surface area contributed by atoms with E-state index in [1.54, 1.807) is 24.3 Å². The van der Waals surface area contributed by atoms with Crippen molar-refractivity contribution in [1.82, 2.24) is 4.90 Å². The lowest BCUT2D eigenvalue weighted by atomic mass is 10.1. The Labute approximate surface area is 142 Å². The molecule has 2 aromatic rings. The maximum Gasteiger partial charge on any atom is 0.253 e. The van der Waals surface area contributed by atoms with Crippen molar-refractivity contribution in [3.8, 4) is 0 Å². The highest BCUT2D eigenvalue weighted by Gasteiger charge is 2.23. The van der Waals surface area contributed by atoms with Gasteiger partial charge in [0.1, 0.15) is 0 Å². The maximum absolute atomic E-state index is 12.6. The molecule has 23 heavy (non-hydrogen) atoms. The third-order valence-electron chi connectivity index (χ3n) is 4.41. The molecule has 1 aliphatic heterocycles. The van der Waals surface area contributed by atoms with Crippen molar-refractivity contribution < 1.29 is 4.79 Å². The largest absolute Gasteiger partial charge is 0.368 e. The van der Waals surface area contributed by atoms with Gasteiger partial charge in [-0.15, -0.1) is 0 Å². The second-order valence-electron chi connectivity index (χ2n) is 6.03. The topological polar surface area (TPSA) is 23.6 Å². The normalized spacial score (nSPS) is 14.9. The fraction of sp³-hybridized carbons (Fsp3) is 0.316. The number of carbonyl (C=O) groups excluding carboxylic acids is 1. The van der Waals surface area contributed by atoms with Crippen LogP contribution in [0, 0.1) is 13.8 Å². The lowest BCUT2D eigenvalue weighted by Gasteiger charge is -2.37. The van der Waals surface area contributed by atoms with Crippen LogP contribution in [-0.2, 0) is 0 Å². The first-order valence-electron chi connectivity index (χ1n) is 7.92. The van der Waals surface area contributed by atoms with Gasteiger partial charge >= 0.3 is 0 Å². The van der Waals surface area contributed by atoms with Crippen LogP contribution in [0.3, 0.4) is 0 Å². The van der Waals surface area contributed by atoms with Gasteiger partial charge in [-0.1, -0.05) is 29.8 Å². The number of benzene rings is 2. The highest BCUT2D eigenvalue weighted by atomic mass is 35.5. The van der Waals surface area contributed by atoms with Crippen molar-refractivity contribution in [3.63, 3.8) is 0 Å². The average Bonchev–Trinajstić information content (AvgIpc) is 2.55. The minimum absolute atomic E-state index is 0.0859. The minimum Gasteiger partial charge on any atom is -0.368 e. The van der Waals surface area contributed by atoms with Gasteiger partial charge < -0.3 is 9.80 Å². The summed E-state index contributed by atoms with van der Waals surface area (Å²) in [5, 5.41) is 0.654. The number of carbonyl (C=O) groups is 1. The zero-order valence-electron chi connectivity index (χ0n) is 13.6. The summed E-state index contributed by atoms with van der Waals surface area (Å²) in [7, 11) is 0. The lowest BCUT2D eigenvalue weighted by Crippen LogP contribution is -2.49. The number of para-hydroxylation sites is 1. The molecular weight excluding hydrogens is 308 g/mol. The highest BCUT2D eigenvalue weighted by Crippen LogP contribution is 2.26. The van der Waals surface area contributed by atoms with Crippen LogP contribution in [0.2, 0.25) is 5.02 Å². The van der Waals surface area contributed by atoms with Gasteiger partial charge in [-0.05, 0) is 49.2 Å². The quantitative estimate of drug-likeness (QED) is 0.834. The molecule has 0 unspecified atom stereocenters. The summed E-state index contributed by atoms with van der Waals surface area (Å²) in [5.74, 6) is 0.0859. The van der Waals surface area contributed by atoms with Crippen LogP contribution in [-0.4, -0.2) is 37.0 Å². The van der Waals surface area contributed by atoms with Gasteiger partial charge in [0, 0.05) is 42.5 Å². The fourth-order valence-electron chi connectivity index (χ4n) is 3.21. The molecule has 1 heterocycles. The zero-order chi connectivity index (χ0) is 16.4. The summed E-state index contributed by atoms with van der Waals surface area (Å²) < 4.78 is 0. The molecule has 0 spiro atoms. The van der Waals surface area contributed by atoms with Crippen molar-refractivity contribution in [1.29, 1.82) is 0 Å². The van der Waals surface area contributed by atoms with E-state index in [0.717, 1.165) is 26.2 Å². The van der Waals surface area contributed by atoms with E-state index < -0.39 is 0 Å². The molecule has 1 saturated heterocycles. The number of halogens is 1. The van der Waals surface area contributed by atoms with E-state index in [1.807, 2.05) is 4.90 Å².